The van der Waals surface area contributed by atoms with Gasteiger partial charge in [0.05, 0.1) is 24.5 Å². The van der Waals surface area contributed by atoms with Gasteiger partial charge in [0.2, 0.25) is 5.43 Å². The molecule has 3 aromatic carbocycles. The smallest absolute Gasteiger partial charge is 0.312 e. The number of rotatable bonds is 3. The average molecular weight is 414 g/mol. The highest BCUT2D eigenvalue weighted by Gasteiger charge is 2.33. The number of methoxy groups -OCH3 is 1. The molecular weight excluding hydrogens is 396 g/mol. The van der Waals surface area contributed by atoms with E-state index in [1.54, 1.807) is 31.4 Å². The number of fused-ring (bicyclic) bond motifs is 3. The second-order valence-electron chi connectivity index (χ2n) is 7.35. The monoisotopic (exact) mass is 414 g/mol. The molecule has 6 heteroatoms. The van der Waals surface area contributed by atoms with Crippen LogP contribution in [0.2, 0.25) is 0 Å². The number of phenolic OH excluding ortho intramolecular Hbond substituents is 1. The Kier molecular flexibility index (Phi) is 4.47. The van der Waals surface area contributed by atoms with Gasteiger partial charge >= 0.3 is 5.97 Å². The first-order chi connectivity index (χ1) is 15.1. The minimum atomic E-state index is -0.376. The lowest BCUT2D eigenvalue weighted by atomic mass is 9.84. The molecule has 1 aliphatic heterocycles. The second kappa shape index (κ2) is 7.32. The van der Waals surface area contributed by atoms with E-state index in [1.165, 1.54) is 18.4 Å². The van der Waals surface area contributed by atoms with Crippen molar-refractivity contribution in [2.75, 3.05) is 7.11 Å². The van der Waals surface area contributed by atoms with Gasteiger partial charge < -0.3 is 19.0 Å². The Labute approximate surface area is 177 Å². The zero-order valence-corrected chi connectivity index (χ0v) is 16.6. The van der Waals surface area contributed by atoms with E-state index >= 15 is 0 Å². The molecule has 4 aromatic rings. The number of benzene rings is 3. The van der Waals surface area contributed by atoms with E-state index in [-0.39, 0.29) is 29.5 Å². The van der Waals surface area contributed by atoms with Crippen LogP contribution >= 0.6 is 0 Å². The van der Waals surface area contributed by atoms with Crippen molar-refractivity contribution in [3.05, 3.63) is 88.3 Å². The van der Waals surface area contributed by atoms with Crippen molar-refractivity contribution in [2.24, 2.45) is 0 Å². The average Bonchev–Trinajstić information content (AvgIpc) is 2.79. The van der Waals surface area contributed by atoms with Crippen LogP contribution in [0.1, 0.15) is 23.5 Å². The second-order valence-corrected chi connectivity index (χ2v) is 7.35. The molecule has 6 nitrogen and oxygen atoms in total. The maximum absolute atomic E-state index is 13.3. The Morgan fingerprint density at radius 2 is 1.77 bits per heavy atom. The fraction of sp³-hybridized carbons (Fsp3) is 0.120. The first-order valence-electron chi connectivity index (χ1n) is 9.78. The lowest BCUT2D eigenvalue weighted by Gasteiger charge is -2.26. The Bertz CT molecular complexity index is 1370. The molecule has 31 heavy (non-hydrogen) atoms. The molecule has 1 aliphatic rings. The SMILES string of the molecule is COc1ccccc1C1CC(=O)Oc2ccc3c(=O)c(-c4ccc(O)cc4)coc3c21. The summed E-state index contributed by atoms with van der Waals surface area (Å²) in [5.41, 5.74) is 2.67. The number of aromatic hydroxyl groups is 1. The number of carbonyl (C=O) groups is 1. The number of phenols is 1. The van der Waals surface area contributed by atoms with Gasteiger partial charge in [-0.05, 0) is 35.9 Å². The molecule has 0 fully saturated rings. The van der Waals surface area contributed by atoms with Crippen molar-refractivity contribution >= 4 is 16.9 Å². The lowest BCUT2D eigenvalue weighted by Crippen LogP contribution is -2.22. The van der Waals surface area contributed by atoms with Gasteiger partial charge in [-0.1, -0.05) is 30.3 Å². The number of carbonyl (C=O) groups excluding carboxylic acids is 1. The van der Waals surface area contributed by atoms with Crippen LogP contribution in [0.5, 0.6) is 17.2 Å². The largest absolute Gasteiger partial charge is 0.508 e. The Balaban J connectivity index is 1.75. The molecule has 0 saturated heterocycles. The molecule has 154 valence electrons. The van der Waals surface area contributed by atoms with Crippen LogP contribution in [0.15, 0.2) is 76.1 Å². The quantitative estimate of drug-likeness (QED) is 0.389. The van der Waals surface area contributed by atoms with Crippen molar-refractivity contribution in [1.82, 2.24) is 0 Å². The van der Waals surface area contributed by atoms with Gasteiger partial charge in [-0.2, -0.15) is 0 Å². The van der Waals surface area contributed by atoms with Crippen molar-refractivity contribution < 1.29 is 23.8 Å². The van der Waals surface area contributed by atoms with Crippen molar-refractivity contribution in [3.8, 4) is 28.4 Å². The minimum absolute atomic E-state index is 0.107. The summed E-state index contributed by atoms with van der Waals surface area (Å²) < 4.78 is 16.9. The van der Waals surface area contributed by atoms with Gasteiger partial charge in [0.25, 0.3) is 0 Å². The van der Waals surface area contributed by atoms with E-state index < -0.39 is 0 Å². The van der Waals surface area contributed by atoms with E-state index in [4.69, 9.17) is 13.9 Å². The van der Waals surface area contributed by atoms with Gasteiger partial charge in [0.1, 0.15) is 29.1 Å². The summed E-state index contributed by atoms with van der Waals surface area (Å²) in [6.07, 6.45) is 1.52. The molecule has 1 N–H and O–H groups in total. The van der Waals surface area contributed by atoms with Crippen LogP contribution in [0, 0.1) is 0 Å². The van der Waals surface area contributed by atoms with Gasteiger partial charge in [-0.3, -0.25) is 9.59 Å². The van der Waals surface area contributed by atoms with Crippen LogP contribution < -0.4 is 14.9 Å². The molecule has 1 aromatic heterocycles. The molecule has 2 heterocycles. The number of ether oxygens (including phenoxy) is 2. The lowest BCUT2D eigenvalue weighted by molar-refractivity contribution is -0.135. The first-order valence-corrected chi connectivity index (χ1v) is 9.78. The molecule has 0 radical (unpaired) electrons. The Morgan fingerprint density at radius 1 is 1.00 bits per heavy atom. The maximum atomic E-state index is 13.3. The Hall–Kier alpha value is -4.06. The third kappa shape index (κ3) is 3.13. The van der Waals surface area contributed by atoms with Crippen molar-refractivity contribution in [3.63, 3.8) is 0 Å². The number of hydrogen-bond donors (Lipinski definition) is 1. The molecule has 0 bridgehead atoms. The molecule has 5 rings (SSSR count). The van der Waals surface area contributed by atoms with Gasteiger partial charge in [0, 0.05) is 17.0 Å². The van der Waals surface area contributed by atoms with E-state index in [2.05, 4.69) is 0 Å². The summed E-state index contributed by atoms with van der Waals surface area (Å²) in [5, 5.41) is 9.92. The summed E-state index contributed by atoms with van der Waals surface area (Å²) in [6.45, 7) is 0. The van der Waals surface area contributed by atoms with Gasteiger partial charge in [-0.15, -0.1) is 0 Å². The summed E-state index contributed by atoms with van der Waals surface area (Å²) in [5.74, 6) is 0.405. The summed E-state index contributed by atoms with van der Waals surface area (Å²) in [7, 11) is 1.58. The highest BCUT2D eigenvalue weighted by atomic mass is 16.5. The molecule has 1 unspecified atom stereocenters. The van der Waals surface area contributed by atoms with Crippen LogP contribution in [0.3, 0.4) is 0 Å². The first kappa shape index (κ1) is 18.9. The van der Waals surface area contributed by atoms with Gasteiger partial charge in [-0.25, -0.2) is 0 Å². The standard InChI is InChI=1S/C25H18O6/c1-29-20-5-3-2-4-16(20)18-12-22(27)31-21-11-10-17-24(28)19(13-30-25(17)23(18)21)14-6-8-15(26)9-7-14/h2-11,13,18,26H,12H2,1H3. The summed E-state index contributed by atoms with van der Waals surface area (Å²) in [6, 6.07) is 17.1. The minimum Gasteiger partial charge on any atom is -0.508 e. The maximum Gasteiger partial charge on any atom is 0.312 e. The van der Waals surface area contributed by atoms with E-state index in [0.717, 1.165) is 5.56 Å². The number of esters is 1. The van der Waals surface area contributed by atoms with Gasteiger partial charge in [0.15, 0.2) is 0 Å². The third-order valence-corrected chi connectivity index (χ3v) is 5.58. The fourth-order valence-electron chi connectivity index (χ4n) is 4.12. The van der Waals surface area contributed by atoms with Crippen LogP contribution in [-0.4, -0.2) is 18.2 Å². The summed E-state index contributed by atoms with van der Waals surface area (Å²) >= 11 is 0. The summed E-state index contributed by atoms with van der Waals surface area (Å²) in [4.78, 5) is 25.6. The molecule has 0 amide bonds. The predicted octanol–water partition coefficient (Wildman–Crippen LogP) is 4.62. The van der Waals surface area contributed by atoms with E-state index in [9.17, 15) is 14.7 Å². The van der Waals surface area contributed by atoms with Crippen LogP contribution in [-0.2, 0) is 4.79 Å². The Morgan fingerprint density at radius 3 is 2.55 bits per heavy atom. The fourth-order valence-corrected chi connectivity index (χ4v) is 4.12. The van der Waals surface area contributed by atoms with Crippen LogP contribution in [0.25, 0.3) is 22.1 Å². The highest BCUT2D eigenvalue weighted by molar-refractivity contribution is 5.90. The van der Waals surface area contributed by atoms with Crippen LogP contribution in [0.4, 0.5) is 0 Å². The molecule has 1 atom stereocenters. The van der Waals surface area contributed by atoms with Crippen molar-refractivity contribution in [2.45, 2.75) is 12.3 Å². The zero-order valence-electron chi connectivity index (χ0n) is 16.6. The number of hydrogen-bond acceptors (Lipinski definition) is 6. The van der Waals surface area contributed by atoms with Crippen molar-refractivity contribution in [1.29, 1.82) is 0 Å². The zero-order chi connectivity index (χ0) is 21.5. The highest BCUT2D eigenvalue weighted by Crippen LogP contribution is 2.45. The molecule has 0 spiro atoms. The van der Waals surface area contributed by atoms with E-state index in [0.29, 0.717) is 39.2 Å². The number of para-hydroxylation sites is 1. The molecule has 0 saturated carbocycles. The topological polar surface area (TPSA) is 86.0 Å². The molecular formula is C25H18O6. The third-order valence-electron chi connectivity index (χ3n) is 5.58. The predicted molar refractivity (Wildman–Crippen MR) is 115 cm³/mol. The molecule has 0 aliphatic carbocycles. The van der Waals surface area contributed by atoms with E-state index in [1.807, 2.05) is 24.3 Å². The normalized spacial score (nSPS) is 15.4.